The molecule has 5 heterocycles. The van der Waals surface area contributed by atoms with Crippen LogP contribution in [0.5, 0.6) is 5.88 Å². The molecule has 6 aromatic rings. The molecule has 11 nitrogen and oxygen atoms in total. The van der Waals surface area contributed by atoms with Crippen molar-refractivity contribution in [1.82, 2.24) is 43.9 Å². The van der Waals surface area contributed by atoms with Gasteiger partial charge in [0.15, 0.2) is 5.65 Å². The molecule has 2 aliphatic rings. The topological polar surface area (TPSA) is 103 Å². The molecule has 5 aromatic heterocycles. The monoisotopic (exact) mass is 549 g/mol. The molecule has 2 saturated carbocycles. The van der Waals surface area contributed by atoms with Crippen LogP contribution < -0.4 is 4.74 Å². The summed E-state index contributed by atoms with van der Waals surface area (Å²) in [7, 11) is 7.35. The number of benzene rings is 1. The number of methoxy groups -OCH3 is 2. The molecular formula is C30H31N9O2. The second-order valence-electron chi connectivity index (χ2n) is 11.2. The lowest BCUT2D eigenvalue weighted by molar-refractivity contribution is 0.119. The lowest BCUT2D eigenvalue weighted by Crippen LogP contribution is -2.01. The standard InChI is InChI=1S/C30H31N9O2/c1-36-13-19-12-21(25(17-8-9-17)31-28(19)34-36)29-32-26(27(37(29)2)18-10-11-18)20-6-5-7-23-22(20)14-39(33-23)24-15-38(16-40-3)35-30(24)41-4/h5-7,12-15,17-18H,8-11,16H2,1-4H3. The van der Waals surface area contributed by atoms with Gasteiger partial charge in [0.25, 0.3) is 5.88 Å². The Morgan fingerprint density at radius 3 is 2.49 bits per heavy atom. The minimum Gasteiger partial charge on any atom is -0.478 e. The molecule has 208 valence electrons. The Hall–Kier alpha value is -4.51. The lowest BCUT2D eigenvalue weighted by atomic mass is 10.0. The van der Waals surface area contributed by atoms with E-state index in [-0.39, 0.29) is 0 Å². The van der Waals surface area contributed by atoms with Crippen molar-refractivity contribution in [3.63, 3.8) is 0 Å². The predicted molar refractivity (Wildman–Crippen MR) is 154 cm³/mol. The summed E-state index contributed by atoms with van der Waals surface area (Å²) >= 11 is 0. The molecule has 0 unspecified atom stereocenters. The number of hydrogen-bond donors (Lipinski definition) is 0. The number of rotatable bonds is 8. The molecule has 0 bridgehead atoms. The van der Waals surface area contributed by atoms with Gasteiger partial charge in [-0.05, 0) is 37.8 Å². The maximum absolute atomic E-state index is 5.56. The van der Waals surface area contributed by atoms with Crippen LogP contribution in [0.3, 0.4) is 0 Å². The molecule has 0 N–H and O–H groups in total. The Morgan fingerprint density at radius 2 is 1.73 bits per heavy atom. The van der Waals surface area contributed by atoms with Gasteiger partial charge in [0.1, 0.15) is 18.2 Å². The van der Waals surface area contributed by atoms with Crippen LogP contribution in [0, 0.1) is 0 Å². The number of hydrogen-bond acceptors (Lipinski definition) is 7. The highest BCUT2D eigenvalue weighted by molar-refractivity contribution is 5.95. The van der Waals surface area contributed by atoms with Crippen LogP contribution in [0.25, 0.3) is 50.3 Å². The van der Waals surface area contributed by atoms with E-state index in [0.717, 1.165) is 68.8 Å². The normalized spacial score (nSPS) is 15.4. The third kappa shape index (κ3) is 3.94. The fourth-order valence-corrected chi connectivity index (χ4v) is 5.98. The molecule has 0 atom stereocenters. The van der Waals surface area contributed by atoms with E-state index in [2.05, 4.69) is 40.0 Å². The number of aromatic nitrogens is 9. The van der Waals surface area contributed by atoms with Crippen LogP contribution in [0.15, 0.2) is 42.9 Å². The highest BCUT2D eigenvalue weighted by atomic mass is 16.5. The van der Waals surface area contributed by atoms with E-state index in [1.165, 1.54) is 18.5 Å². The van der Waals surface area contributed by atoms with E-state index in [9.17, 15) is 0 Å². The van der Waals surface area contributed by atoms with Gasteiger partial charge in [0.2, 0.25) is 0 Å². The lowest BCUT2D eigenvalue weighted by Gasteiger charge is -2.10. The SMILES string of the molecule is COCn1cc(-n2cc3c(-c4nc(-c5cc6cn(C)nc6nc5C5CC5)n(C)c4C4CC4)cccc3n2)c(OC)n1. The van der Waals surface area contributed by atoms with Crippen molar-refractivity contribution in [3.8, 4) is 34.2 Å². The molecular weight excluding hydrogens is 518 g/mol. The van der Waals surface area contributed by atoms with Crippen LogP contribution in [0.1, 0.15) is 48.9 Å². The van der Waals surface area contributed by atoms with Gasteiger partial charge >= 0.3 is 0 Å². The van der Waals surface area contributed by atoms with Crippen LogP contribution in [-0.2, 0) is 25.6 Å². The fourth-order valence-electron chi connectivity index (χ4n) is 5.98. The molecule has 0 radical (unpaired) electrons. The number of nitrogens with zero attached hydrogens (tertiary/aromatic N) is 9. The van der Waals surface area contributed by atoms with Crippen molar-refractivity contribution in [2.45, 2.75) is 44.2 Å². The van der Waals surface area contributed by atoms with Gasteiger partial charge in [0, 0.05) is 73.0 Å². The Morgan fingerprint density at radius 1 is 0.902 bits per heavy atom. The number of imidazole rings is 1. The summed E-state index contributed by atoms with van der Waals surface area (Å²) in [5.41, 5.74) is 8.03. The predicted octanol–water partition coefficient (Wildman–Crippen LogP) is 4.94. The first kappa shape index (κ1) is 24.3. The van der Waals surface area contributed by atoms with Gasteiger partial charge in [-0.2, -0.15) is 10.2 Å². The first-order valence-corrected chi connectivity index (χ1v) is 14.0. The van der Waals surface area contributed by atoms with Crippen LogP contribution in [0.4, 0.5) is 0 Å². The highest BCUT2D eigenvalue weighted by Gasteiger charge is 2.35. The largest absolute Gasteiger partial charge is 0.478 e. The summed E-state index contributed by atoms with van der Waals surface area (Å²) in [6.45, 7) is 0.326. The molecule has 1 aromatic carbocycles. The van der Waals surface area contributed by atoms with Gasteiger partial charge in [-0.3, -0.25) is 4.68 Å². The van der Waals surface area contributed by atoms with Crippen molar-refractivity contribution in [2.24, 2.45) is 14.1 Å². The number of ether oxygens (including phenoxy) is 2. The first-order chi connectivity index (χ1) is 20.0. The zero-order chi connectivity index (χ0) is 27.8. The molecule has 0 amide bonds. The number of fused-ring (bicyclic) bond motifs is 2. The van der Waals surface area contributed by atoms with Crippen molar-refractivity contribution in [2.75, 3.05) is 14.2 Å². The summed E-state index contributed by atoms with van der Waals surface area (Å²) in [5.74, 6) is 2.42. The Balaban J connectivity index is 1.30. The van der Waals surface area contributed by atoms with Crippen LogP contribution >= 0.6 is 0 Å². The van der Waals surface area contributed by atoms with Gasteiger partial charge < -0.3 is 14.0 Å². The molecule has 11 heteroatoms. The maximum atomic E-state index is 5.56. The molecule has 0 aliphatic heterocycles. The Labute approximate surface area is 236 Å². The summed E-state index contributed by atoms with van der Waals surface area (Å²) < 4.78 is 18.5. The van der Waals surface area contributed by atoms with Crippen molar-refractivity contribution >= 4 is 21.9 Å². The summed E-state index contributed by atoms with van der Waals surface area (Å²) in [6.07, 6.45) is 10.6. The smallest absolute Gasteiger partial charge is 0.258 e. The van der Waals surface area contributed by atoms with Crippen molar-refractivity contribution < 1.29 is 9.47 Å². The molecule has 0 spiro atoms. The summed E-state index contributed by atoms with van der Waals surface area (Å²) in [4.78, 5) is 10.4. The van der Waals surface area contributed by atoms with E-state index >= 15 is 0 Å². The molecule has 2 aliphatic carbocycles. The van der Waals surface area contributed by atoms with E-state index in [1.54, 1.807) is 18.9 Å². The Bertz CT molecular complexity index is 1950. The van der Waals surface area contributed by atoms with E-state index in [1.807, 2.05) is 41.1 Å². The minimum atomic E-state index is 0.326. The molecule has 2 fully saturated rings. The quantitative estimate of drug-likeness (QED) is 0.265. The minimum absolute atomic E-state index is 0.326. The average molecular weight is 550 g/mol. The summed E-state index contributed by atoms with van der Waals surface area (Å²) in [5, 5.41) is 16.0. The van der Waals surface area contributed by atoms with Gasteiger partial charge in [-0.25, -0.2) is 19.3 Å². The average Bonchev–Trinajstić information content (AvgIpc) is 3.83. The van der Waals surface area contributed by atoms with Gasteiger partial charge in [0.05, 0.1) is 30.2 Å². The van der Waals surface area contributed by atoms with E-state index in [4.69, 9.17) is 24.5 Å². The van der Waals surface area contributed by atoms with Gasteiger partial charge in [-0.15, -0.1) is 5.10 Å². The Kier molecular flexibility index (Phi) is 5.33. The fraction of sp³-hybridized carbons (Fsp3) is 0.367. The third-order valence-electron chi connectivity index (χ3n) is 8.16. The van der Waals surface area contributed by atoms with E-state index in [0.29, 0.717) is 24.4 Å². The third-order valence-corrected chi connectivity index (χ3v) is 8.16. The molecule has 8 rings (SSSR count). The zero-order valence-electron chi connectivity index (χ0n) is 23.6. The van der Waals surface area contributed by atoms with Crippen molar-refractivity contribution in [1.29, 1.82) is 0 Å². The van der Waals surface area contributed by atoms with Crippen LogP contribution in [-0.4, -0.2) is 58.1 Å². The first-order valence-electron chi connectivity index (χ1n) is 14.0. The maximum Gasteiger partial charge on any atom is 0.258 e. The second kappa shape index (κ2) is 9.00. The second-order valence-corrected chi connectivity index (χ2v) is 11.2. The van der Waals surface area contributed by atoms with Crippen molar-refractivity contribution in [3.05, 3.63) is 54.2 Å². The summed E-state index contributed by atoms with van der Waals surface area (Å²) in [6, 6.07) is 8.48. The van der Waals surface area contributed by atoms with Gasteiger partial charge in [-0.1, -0.05) is 12.1 Å². The number of aryl methyl sites for hydroxylation is 1. The molecule has 0 saturated heterocycles. The highest BCUT2D eigenvalue weighted by Crippen LogP contribution is 2.49. The van der Waals surface area contributed by atoms with Crippen LogP contribution in [0.2, 0.25) is 0 Å². The van der Waals surface area contributed by atoms with E-state index < -0.39 is 0 Å². The zero-order valence-corrected chi connectivity index (χ0v) is 23.6. The molecule has 41 heavy (non-hydrogen) atoms. The number of pyridine rings is 1.